The minimum atomic E-state index is -0.756. The maximum absolute atomic E-state index is 14.9. The Labute approximate surface area is 148 Å². The molecule has 1 aromatic heterocycles. The standard InChI is InChI=1S/C18H19FN2O5/c1-9-8-26-17-14-11(16(23)12(7-21(9)14)18(24)25-2)5-13(19)15(17)20-4-3-10(22)6-20/h5,7,9-10,22H,3-4,6,8H2,1-2H3. The van der Waals surface area contributed by atoms with Crippen molar-refractivity contribution >= 4 is 22.6 Å². The zero-order valence-corrected chi connectivity index (χ0v) is 14.5. The van der Waals surface area contributed by atoms with Crippen LogP contribution < -0.4 is 15.1 Å². The lowest BCUT2D eigenvalue weighted by molar-refractivity contribution is 0.0598. The normalized spacial score (nSPS) is 21.8. The van der Waals surface area contributed by atoms with E-state index in [2.05, 4.69) is 4.74 Å². The van der Waals surface area contributed by atoms with Crippen molar-refractivity contribution in [3.63, 3.8) is 0 Å². The fraction of sp³-hybridized carbons (Fsp3) is 0.444. The molecular formula is C18H19FN2O5. The lowest BCUT2D eigenvalue weighted by atomic mass is 10.1. The van der Waals surface area contributed by atoms with Crippen molar-refractivity contribution < 1.29 is 23.8 Å². The third kappa shape index (κ3) is 2.36. The van der Waals surface area contributed by atoms with E-state index in [0.717, 1.165) is 6.07 Å². The predicted octanol–water partition coefficient (Wildman–Crippen LogP) is 1.45. The lowest BCUT2D eigenvalue weighted by Gasteiger charge is -2.31. The quantitative estimate of drug-likeness (QED) is 0.815. The SMILES string of the molecule is COC(=O)c1cn2c3c(c(N4CCC(O)C4)c(F)cc3c1=O)OCC2C. The van der Waals surface area contributed by atoms with E-state index >= 15 is 0 Å². The molecular weight excluding hydrogens is 343 g/mol. The van der Waals surface area contributed by atoms with Crippen LogP contribution in [0.15, 0.2) is 17.1 Å². The molecule has 2 aromatic rings. The van der Waals surface area contributed by atoms with Gasteiger partial charge in [0.1, 0.15) is 17.9 Å². The first kappa shape index (κ1) is 16.8. The first-order valence-electron chi connectivity index (χ1n) is 8.47. The number of ether oxygens (including phenoxy) is 2. The van der Waals surface area contributed by atoms with E-state index < -0.39 is 23.3 Å². The Bertz CT molecular complexity index is 970. The molecule has 8 heteroatoms. The van der Waals surface area contributed by atoms with Gasteiger partial charge in [0.15, 0.2) is 11.6 Å². The number of carbonyl (C=O) groups is 1. The molecule has 0 amide bonds. The number of hydrogen-bond donors (Lipinski definition) is 1. The summed E-state index contributed by atoms with van der Waals surface area (Å²) in [5, 5.41) is 9.88. The van der Waals surface area contributed by atoms with Crippen LogP contribution in [0.3, 0.4) is 0 Å². The molecule has 1 fully saturated rings. The molecule has 0 bridgehead atoms. The number of rotatable bonds is 2. The second kappa shape index (κ2) is 5.98. The Morgan fingerprint density at radius 3 is 2.88 bits per heavy atom. The molecule has 0 saturated carbocycles. The highest BCUT2D eigenvalue weighted by Gasteiger charge is 2.32. The molecule has 2 aliphatic heterocycles. The van der Waals surface area contributed by atoms with Crippen molar-refractivity contribution in [3.05, 3.63) is 33.9 Å². The molecule has 0 aliphatic carbocycles. The number of anilines is 1. The van der Waals surface area contributed by atoms with Gasteiger partial charge in [-0.25, -0.2) is 9.18 Å². The average molecular weight is 362 g/mol. The van der Waals surface area contributed by atoms with E-state index in [0.29, 0.717) is 25.0 Å². The zero-order chi connectivity index (χ0) is 18.6. The maximum Gasteiger partial charge on any atom is 0.343 e. The number of halogens is 1. The summed E-state index contributed by atoms with van der Waals surface area (Å²) >= 11 is 0. The van der Waals surface area contributed by atoms with Crippen molar-refractivity contribution in [1.82, 2.24) is 4.57 Å². The van der Waals surface area contributed by atoms with Crippen LogP contribution in [-0.4, -0.2) is 48.6 Å². The fourth-order valence-electron chi connectivity index (χ4n) is 3.71. The van der Waals surface area contributed by atoms with Crippen LogP contribution >= 0.6 is 0 Å². The van der Waals surface area contributed by atoms with Gasteiger partial charge in [0.25, 0.3) is 0 Å². The third-order valence-corrected chi connectivity index (χ3v) is 5.03. The predicted molar refractivity (Wildman–Crippen MR) is 92.5 cm³/mol. The Morgan fingerprint density at radius 1 is 1.46 bits per heavy atom. The van der Waals surface area contributed by atoms with E-state index in [-0.39, 0.29) is 35.0 Å². The highest BCUT2D eigenvalue weighted by atomic mass is 19.1. The minimum absolute atomic E-state index is 0.0791. The molecule has 0 spiro atoms. The van der Waals surface area contributed by atoms with Crippen LogP contribution in [0.2, 0.25) is 0 Å². The molecule has 4 rings (SSSR count). The second-order valence-electron chi connectivity index (χ2n) is 6.75. The van der Waals surface area contributed by atoms with Gasteiger partial charge in [0, 0.05) is 19.3 Å². The smallest absolute Gasteiger partial charge is 0.343 e. The van der Waals surface area contributed by atoms with Gasteiger partial charge in [-0.15, -0.1) is 0 Å². The van der Waals surface area contributed by atoms with Crippen molar-refractivity contribution in [2.45, 2.75) is 25.5 Å². The van der Waals surface area contributed by atoms with Gasteiger partial charge in [0.2, 0.25) is 5.43 Å². The van der Waals surface area contributed by atoms with E-state index in [4.69, 9.17) is 4.74 Å². The molecule has 26 heavy (non-hydrogen) atoms. The number of nitrogens with zero attached hydrogens (tertiary/aromatic N) is 2. The van der Waals surface area contributed by atoms with Crippen LogP contribution in [0.4, 0.5) is 10.1 Å². The number of aromatic nitrogens is 1. The van der Waals surface area contributed by atoms with Crippen LogP contribution in [0, 0.1) is 5.82 Å². The van der Waals surface area contributed by atoms with Gasteiger partial charge in [0.05, 0.1) is 30.2 Å². The van der Waals surface area contributed by atoms with Crippen molar-refractivity contribution in [1.29, 1.82) is 0 Å². The molecule has 2 aliphatic rings. The zero-order valence-electron chi connectivity index (χ0n) is 14.5. The van der Waals surface area contributed by atoms with Gasteiger partial charge in [-0.3, -0.25) is 4.79 Å². The summed E-state index contributed by atoms with van der Waals surface area (Å²) in [6, 6.07) is 1.00. The summed E-state index contributed by atoms with van der Waals surface area (Å²) < 4.78 is 27.2. The van der Waals surface area contributed by atoms with E-state index in [1.807, 2.05) is 6.92 Å². The van der Waals surface area contributed by atoms with E-state index in [1.165, 1.54) is 13.3 Å². The van der Waals surface area contributed by atoms with Crippen LogP contribution in [0.1, 0.15) is 29.7 Å². The van der Waals surface area contributed by atoms with Crippen molar-refractivity contribution in [2.75, 3.05) is 31.7 Å². The number of β-amino-alcohol motifs (C(OH)–C–C–N with tert-alkyl or cyclic N) is 1. The van der Waals surface area contributed by atoms with Crippen LogP contribution in [0.5, 0.6) is 5.75 Å². The number of aliphatic hydroxyl groups excluding tert-OH is 1. The maximum atomic E-state index is 14.9. The van der Waals surface area contributed by atoms with E-state index in [9.17, 15) is 19.1 Å². The van der Waals surface area contributed by atoms with Crippen LogP contribution in [0.25, 0.3) is 10.9 Å². The molecule has 1 aromatic carbocycles. The Kier molecular flexibility index (Phi) is 3.87. The van der Waals surface area contributed by atoms with Crippen LogP contribution in [-0.2, 0) is 4.74 Å². The molecule has 2 atom stereocenters. The first-order chi connectivity index (χ1) is 12.4. The molecule has 1 saturated heterocycles. The van der Waals surface area contributed by atoms with Gasteiger partial charge in [-0.2, -0.15) is 0 Å². The molecule has 1 N–H and O–H groups in total. The number of hydrogen-bond acceptors (Lipinski definition) is 6. The highest BCUT2D eigenvalue weighted by Crippen LogP contribution is 2.42. The molecule has 7 nitrogen and oxygen atoms in total. The summed E-state index contributed by atoms with van der Waals surface area (Å²) in [6.07, 6.45) is 1.47. The molecule has 2 unspecified atom stereocenters. The van der Waals surface area contributed by atoms with E-state index in [1.54, 1.807) is 9.47 Å². The van der Waals surface area contributed by atoms with Gasteiger partial charge < -0.3 is 24.0 Å². The third-order valence-electron chi connectivity index (χ3n) is 5.03. The van der Waals surface area contributed by atoms with Gasteiger partial charge in [-0.1, -0.05) is 0 Å². The monoisotopic (exact) mass is 362 g/mol. The first-order valence-corrected chi connectivity index (χ1v) is 8.47. The second-order valence-corrected chi connectivity index (χ2v) is 6.75. The number of methoxy groups -OCH3 is 1. The van der Waals surface area contributed by atoms with Gasteiger partial charge >= 0.3 is 5.97 Å². The Balaban J connectivity index is 2.04. The minimum Gasteiger partial charge on any atom is -0.487 e. The number of aliphatic hydroxyl groups is 1. The molecule has 138 valence electrons. The number of benzene rings is 1. The Hall–Kier alpha value is -2.61. The largest absolute Gasteiger partial charge is 0.487 e. The van der Waals surface area contributed by atoms with Crippen molar-refractivity contribution in [3.8, 4) is 5.75 Å². The summed E-state index contributed by atoms with van der Waals surface area (Å²) in [4.78, 5) is 26.4. The summed E-state index contributed by atoms with van der Waals surface area (Å²) in [6.45, 7) is 2.97. The van der Waals surface area contributed by atoms with Crippen molar-refractivity contribution in [2.24, 2.45) is 0 Å². The molecule has 0 radical (unpaired) electrons. The Morgan fingerprint density at radius 2 is 2.23 bits per heavy atom. The summed E-state index contributed by atoms with van der Waals surface area (Å²) in [5.74, 6) is -1.09. The van der Waals surface area contributed by atoms with Gasteiger partial charge in [-0.05, 0) is 19.4 Å². The number of carbonyl (C=O) groups excluding carboxylic acids is 1. The fourth-order valence-corrected chi connectivity index (χ4v) is 3.71. The number of pyridine rings is 1. The number of esters is 1. The summed E-state index contributed by atoms with van der Waals surface area (Å²) in [5.41, 5.74) is -0.0171. The summed E-state index contributed by atoms with van der Waals surface area (Å²) in [7, 11) is 1.20. The average Bonchev–Trinajstić information content (AvgIpc) is 3.04. The molecule has 3 heterocycles. The highest BCUT2D eigenvalue weighted by molar-refractivity contribution is 5.97. The topological polar surface area (TPSA) is 81.0 Å². The lowest BCUT2D eigenvalue weighted by Crippen LogP contribution is -2.29.